The van der Waals surface area contributed by atoms with Crippen molar-refractivity contribution >= 4 is 23.3 Å². The highest BCUT2D eigenvalue weighted by Gasteiger charge is 2.20. The third-order valence-corrected chi connectivity index (χ3v) is 2.74. The Morgan fingerprint density at radius 2 is 2.32 bits per heavy atom. The van der Waals surface area contributed by atoms with E-state index >= 15 is 0 Å². The lowest BCUT2D eigenvalue weighted by Gasteiger charge is -2.12. The van der Waals surface area contributed by atoms with Crippen molar-refractivity contribution in [2.24, 2.45) is 0 Å². The standard InChI is InChI=1S/C11H13ClN2O5/c1-13-8(11(15)16)5-6-19-10-7(12)3-2-4-9(10)14(17)18/h2-4,8,13H,5-6H2,1H3,(H,15,16). The molecule has 1 aromatic carbocycles. The second-order valence-corrected chi connectivity index (χ2v) is 4.07. The van der Waals surface area contributed by atoms with Gasteiger partial charge in [0, 0.05) is 12.5 Å². The molecule has 1 unspecified atom stereocenters. The number of rotatable bonds is 7. The second kappa shape index (κ2) is 6.91. The molecule has 0 amide bonds. The van der Waals surface area contributed by atoms with E-state index in [9.17, 15) is 14.9 Å². The second-order valence-electron chi connectivity index (χ2n) is 3.66. The van der Waals surface area contributed by atoms with Crippen molar-refractivity contribution in [3.05, 3.63) is 33.3 Å². The summed E-state index contributed by atoms with van der Waals surface area (Å²) in [4.78, 5) is 21.0. The fourth-order valence-electron chi connectivity index (χ4n) is 1.45. The molecular weight excluding hydrogens is 276 g/mol. The summed E-state index contributed by atoms with van der Waals surface area (Å²) in [6, 6.07) is 3.41. The summed E-state index contributed by atoms with van der Waals surface area (Å²) in [5, 5.41) is 22.3. The van der Waals surface area contributed by atoms with E-state index in [2.05, 4.69) is 5.32 Å². The molecule has 0 aliphatic carbocycles. The Morgan fingerprint density at radius 1 is 1.63 bits per heavy atom. The molecule has 104 valence electrons. The van der Waals surface area contributed by atoms with Crippen LogP contribution < -0.4 is 10.1 Å². The van der Waals surface area contributed by atoms with Crippen molar-refractivity contribution in [3.63, 3.8) is 0 Å². The molecule has 0 aliphatic rings. The van der Waals surface area contributed by atoms with Crippen LogP contribution in [0.4, 0.5) is 5.69 Å². The van der Waals surface area contributed by atoms with E-state index in [0.717, 1.165) is 0 Å². The number of nitro benzene ring substituents is 1. The third-order valence-electron chi connectivity index (χ3n) is 2.44. The summed E-state index contributed by atoms with van der Waals surface area (Å²) < 4.78 is 5.23. The molecule has 2 N–H and O–H groups in total. The monoisotopic (exact) mass is 288 g/mol. The SMILES string of the molecule is CNC(CCOc1c(Cl)cccc1[N+](=O)[O-])C(=O)O. The van der Waals surface area contributed by atoms with Gasteiger partial charge in [0.05, 0.1) is 16.6 Å². The maximum Gasteiger partial charge on any atom is 0.320 e. The van der Waals surface area contributed by atoms with E-state index in [1.807, 2.05) is 0 Å². The molecular formula is C11H13ClN2O5. The van der Waals surface area contributed by atoms with Crippen molar-refractivity contribution in [1.82, 2.24) is 5.32 Å². The molecule has 0 bridgehead atoms. The summed E-state index contributed by atoms with van der Waals surface area (Å²) in [6.45, 7) is 0.00236. The smallest absolute Gasteiger partial charge is 0.320 e. The Kier molecular flexibility index (Phi) is 5.53. The highest BCUT2D eigenvalue weighted by Crippen LogP contribution is 2.34. The summed E-state index contributed by atoms with van der Waals surface area (Å²) in [5.41, 5.74) is -0.246. The van der Waals surface area contributed by atoms with E-state index in [0.29, 0.717) is 0 Å². The fraction of sp³-hybridized carbons (Fsp3) is 0.364. The van der Waals surface area contributed by atoms with Gasteiger partial charge in [-0.25, -0.2) is 0 Å². The van der Waals surface area contributed by atoms with Gasteiger partial charge in [-0.3, -0.25) is 14.9 Å². The van der Waals surface area contributed by atoms with Crippen LogP contribution in [0.3, 0.4) is 0 Å². The quantitative estimate of drug-likeness (QED) is 0.585. The molecule has 8 heteroatoms. The number of hydrogen-bond donors (Lipinski definition) is 2. The highest BCUT2D eigenvalue weighted by molar-refractivity contribution is 6.32. The molecule has 0 aliphatic heterocycles. The normalized spacial score (nSPS) is 11.9. The third kappa shape index (κ3) is 4.08. The molecule has 0 saturated heterocycles. The zero-order valence-corrected chi connectivity index (χ0v) is 10.9. The molecule has 0 aromatic heterocycles. The van der Waals surface area contributed by atoms with Crippen LogP contribution in [-0.2, 0) is 4.79 Å². The predicted molar refractivity (Wildman–Crippen MR) is 68.7 cm³/mol. The van der Waals surface area contributed by atoms with Gasteiger partial charge in [0.25, 0.3) is 0 Å². The summed E-state index contributed by atoms with van der Waals surface area (Å²) >= 11 is 5.82. The first-order chi connectivity index (χ1) is 8.97. The number of ether oxygens (including phenoxy) is 1. The number of benzene rings is 1. The van der Waals surface area contributed by atoms with E-state index in [-0.39, 0.29) is 29.5 Å². The molecule has 1 aromatic rings. The Hall–Kier alpha value is -1.86. The number of hydrogen-bond acceptors (Lipinski definition) is 5. The first-order valence-corrected chi connectivity index (χ1v) is 5.81. The van der Waals surface area contributed by atoms with Crippen LogP contribution >= 0.6 is 11.6 Å². The summed E-state index contributed by atoms with van der Waals surface area (Å²) in [7, 11) is 1.51. The van der Waals surface area contributed by atoms with Gasteiger partial charge in [-0.15, -0.1) is 0 Å². The van der Waals surface area contributed by atoms with Crippen LogP contribution in [0.5, 0.6) is 5.75 Å². The maximum atomic E-state index is 10.8. The van der Waals surface area contributed by atoms with Crippen LogP contribution in [0.2, 0.25) is 5.02 Å². The average Bonchev–Trinajstić information content (AvgIpc) is 2.35. The van der Waals surface area contributed by atoms with E-state index < -0.39 is 16.9 Å². The fourth-order valence-corrected chi connectivity index (χ4v) is 1.68. The zero-order valence-electron chi connectivity index (χ0n) is 10.1. The van der Waals surface area contributed by atoms with E-state index in [4.69, 9.17) is 21.4 Å². The highest BCUT2D eigenvalue weighted by atomic mass is 35.5. The lowest BCUT2D eigenvalue weighted by atomic mass is 10.2. The predicted octanol–water partition coefficient (Wildman–Crippen LogP) is 1.69. The number of nitrogens with zero attached hydrogens (tertiary/aromatic N) is 1. The minimum absolute atomic E-state index is 0.00236. The van der Waals surface area contributed by atoms with Gasteiger partial charge in [0.15, 0.2) is 0 Å². The summed E-state index contributed by atoms with van der Waals surface area (Å²) in [6.07, 6.45) is 0.161. The average molecular weight is 289 g/mol. The van der Waals surface area contributed by atoms with Crippen LogP contribution in [0.25, 0.3) is 0 Å². The Morgan fingerprint density at radius 3 is 2.84 bits per heavy atom. The summed E-state index contributed by atoms with van der Waals surface area (Å²) in [5.74, 6) is -1.06. The van der Waals surface area contributed by atoms with E-state index in [1.54, 1.807) is 0 Å². The molecule has 1 rings (SSSR count). The van der Waals surface area contributed by atoms with Crippen molar-refractivity contribution < 1.29 is 19.6 Å². The Bertz CT molecular complexity index is 480. The van der Waals surface area contributed by atoms with Gasteiger partial charge in [0.2, 0.25) is 5.75 Å². The number of nitrogens with one attached hydrogen (secondary N) is 1. The van der Waals surface area contributed by atoms with Gasteiger partial charge >= 0.3 is 11.7 Å². The van der Waals surface area contributed by atoms with Gasteiger partial charge in [-0.2, -0.15) is 0 Å². The molecule has 0 radical (unpaired) electrons. The molecule has 0 heterocycles. The Labute approximate surface area is 114 Å². The van der Waals surface area contributed by atoms with Crippen LogP contribution in [0.15, 0.2) is 18.2 Å². The van der Waals surface area contributed by atoms with Crippen LogP contribution in [0, 0.1) is 10.1 Å². The zero-order chi connectivity index (χ0) is 14.4. The van der Waals surface area contributed by atoms with Crippen molar-refractivity contribution in [2.45, 2.75) is 12.5 Å². The van der Waals surface area contributed by atoms with Gasteiger partial charge in [-0.05, 0) is 13.1 Å². The Balaban J connectivity index is 2.72. The van der Waals surface area contributed by atoms with Gasteiger partial charge < -0.3 is 15.2 Å². The number of halogens is 1. The molecule has 0 spiro atoms. The molecule has 1 atom stereocenters. The van der Waals surface area contributed by atoms with Crippen molar-refractivity contribution in [1.29, 1.82) is 0 Å². The number of carboxylic acid groups (broad SMARTS) is 1. The number of carboxylic acids is 1. The number of nitro groups is 1. The largest absolute Gasteiger partial charge is 0.486 e. The molecule has 19 heavy (non-hydrogen) atoms. The van der Waals surface area contributed by atoms with E-state index in [1.165, 1.54) is 25.2 Å². The van der Waals surface area contributed by atoms with Crippen molar-refractivity contribution in [3.8, 4) is 5.75 Å². The topological polar surface area (TPSA) is 102 Å². The van der Waals surface area contributed by atoms with Crippen LogP contribution in [-0.4, -0.2) is 35.7 Å². The minimum Gasteiger partial charge on any atom is -0.486 e. The number of likely N-dealkylation sites (N-methyl/N-ethyl adjacent to an activating group) is 1. The van der Waals surface area contributed by atoms with Crippen LogP contribution in [0.1, 0.15) is 6.42 Å². The number of para-hydroxylation sites is 1. The lowest BCUT2D eigenvalue weighted by molar-refractivity contribution is -0.385. The number of carbonyl (C=O) groups is 1. The maximum absolute atomic E-state index is 10.8. The number of aliphatic carboxylic acids is 1. The van der Waals surface area contributed by atoms with Gasteiger partial charge in [0.1, 0.15) is 6.04 Å². The first-order valence-electron chi connectivity index (χ1n) is 5.43. The van der Waals surface area contributed by atoms with Crippen molar-refractivity contribution in [2.75, 3.05) is 13.7 Å². The lowest BCUT2D eigenvalue weighted by Crippen LogP contribution is -2.35. The first kappa shape index (κ1) is 15.2. The molecule has 0 saturated carbocycles. The van der Waals surface area contributed by atoms with Gasteiger partial charge in [-0.1, -0.05) is 17.7 Å². The molecule has 0 fully saturated rings. The molecule has 7 nitrogen and oxygen atoms in total. The minimum atomic E-state index is -1.01.